The normalized spacial score (nSPS) is 32.4. The first-order valence-electron chi connectivity index (χ1n) is 12.8. The average Bonchev–Trinajstić information content (AvgIpc) is 3.20. The monoisotopic (exact) mass is 498 g/mol. The van der Waals surface area contributed by atoms with Crippen LogP contribution >= 0.6 is 15.9 Å². The predicted octanol–water partition coefficient (Wildman–Crippen LogP) is 9.14. The van der Waals surface area contributed by atoms with Crippen LogP contribution in [0.4, 0.5) is 0 Å². The minimum atomic E-state index is 0.151. The molecule has 182 valence electrons. The van der Waals surface area contributed by atoms with Gasteiger partial charge < -0.3 is 4.74 Å². The highest BCUT2D eigenvalue weighted by Gasteiger charge is 2.64. The lowest BCUT2D eigenvalue weighted by molar-refractivity contribution is -0.117. The lowest BCUT2D eigenvalue weighted by Gasteiger charge is -2.61. The number of aldehydes is 1. The van der Waals surface area contributed by atoms with E-state index >= 15 is 0 Å². The number of unbranched alkanes of at least 4 members (excludes halogenated alkanes) is 1. The fourth-order valence-corrected chi connectivity index (χ4v) is 6.57. The first-order chi connectivity index (χ1) is 14.9. The highest BCUT2D eigenvalue weighted by atomic mass is 79.9. The van der Waals surface area contributed by atoms with Crippen LogP contribution < -0.4 is 0 Å². The summed E-state index contributed by atoms with van der Waals surface area (Å²) in [5.41, 5.74) is 3.06. The molecule has 31 heavy (non-hydrogen) atoms. The molecule has 5 unspecified atom stereocenters. The molecule has 0 saturated heterocycles. The smallest absolute Gasteiger partial charge is 0.145 e. The van der Waals surface area contributed by atoms with Crippen molar-refractivity contribution >= 4 is 22.2 Å². The molecule has 0 amide bonds. The second kappa shape index (κ2) is 16.2. The van der Waals surface area contributed by atoms with Crippen molar-refractivity contribution in [3.8, 4) is 0 Å². The molecule has 3 rings (SSSR count). The van der Waals surface area contributed by atoms with Gasteiger partial charge in [-0.1, -0.05) is 89.4 Å². The molecular formula is C28H51BrO2. The highest BCUT2D eigenvalue weighted by Crippen LogP contribution is 2.72. The van der Waals surface area contributed by atoms with Crippen LogP contribution in [0.2, 0.25) is 0 Å². The van der Waals surface area contributed by atoms with Crippen molar-refractivity contribution in [3.63, 3.8) is 0 Å². The van der Waals surface area contributed by atoms with Crippen LogP contribution in [-0.2, 0) is 9.53 Å². The van der Waals surface area contributed by atoms with Crippen LogP contribution in [0.25, 0.3) is 0 Å². The van der Waals surface area contributed by atoms with Gasteiger partial charge in [0.05, 0.1) is 6.10 Å². The van der Waals surface area contributed by atoms with Gasteiger partial charge in [-0.05, 0) is 78.2 Å². The largest absolute Gasteiger partial charge is 0.381 e. The third-order valence-corrected chi connectivity index (χ3v) is 8.57. The standard InChI is InChI=1S/C14H21Br.C8H14O2.C4H10.C2H6/c1-9-10(2)14-7-3-4-11(8-15)13(14)6-5-12(9)14;1-4-8(10-3)5-7(2)6-9;1-3-4-2;1-2/h8-10,12-13H,3-7H2,1-2H3;6,8H,2,4-5H2,1,3H3;3-4H2,1-2H3;1-2H3/b11-8+;;;/t9?,10-,12?,13?,14?;;;/m0.../s1. The third-order valence-electron chi connectivity index (χ3n) is 7.98. The molecule has 0 aromatic carbocycles. The number of methoxy groups -OCH3 is 1. The van der Waals surface area contributed by atoms with E-state index in [1.165, 1.54) is 44.9 Å². The number of rotatable bonds is 6. The Hall–Kier alpha value is -0.410. The van der Waals surface area contributed by atoms with E-state index in [-0.39, 0.29) is 6.10 Å². The molecule has 0 aromatic heterocycles. The highest BCUT2D eigenvalue weighted by molar-refractivity contribution is 9.11. The summed E-state index contributed by atoms with van der Waals surface area (Å²) in [6.45, 7) is 18.9. The molecule has 3 aliphatic carbocycles. The number of allylic oxidation sites excluding steroid dienone is 1. The van der Waals surface area contributed by atoms with Crippen molar-refractivity contribution in [2.45, 2.75) is 112 Å². The van der Waals surface area contributed by atoms with Gasteiger partial charge in [0, 0.05) is 13.5 Å². The molecule has 0 N–H and O–H groups in total. The van der Waals surface area contributed by atoms with Crippen molar-refractivity contribution in [2.24, 2.45) is 29.1 Å². The number of carbonyl (C=O) groups excluding carboxylic acids is 1. The molecular weight excluding hydrogens is 448 g/mol. The minimum Gasteiger partial charge on any atom is -0.381 e. The second-order valence-corrected chi connectivity index (χ2v) is 9.74. The molecule has 3 aliphatic rings. The van der Waals surface area contributed by atoms with Gasteiger partial charge in [0.25, 0.3) is 0 Å². The molecule has 0 bridgehead atoms. The molecule has 0 radical (unpaired) electrons. The van der Waals surface area contributed by atoms with Crippen LogP contribution in [0.1, 0.15) is 106 Å². The van der Waals surface area contributed by atoms with Crippen LogP contribution in [0.5, 0.6) is 0 Å². The van der Waals surface area contributed by atoms with E-state index in [0.29, 0.717) is 12.0 Å². The van der Waals surface area contributed by atoms with Gasteiger partial charge in [0.2, 0.25) is 0 Å². The molecule has 3 saturated carbocycles. The summed E-state index contributed by atoms with van der Waals surface area (Å²) in [4.78, 5) is 12.4. The van der Waals surface area contributed by atoms with E-state index < -0.39 is 0 Å². The molecule has 0 heterocycles. The summed E-state index contributed by atoms with van der Waals surface area (Å²) < 4.78 is 5.05. The molecule has 1 spiro atoms. The van der Waals surface area contributed by atoms with Crippen LogP contribution in [0.15, 0.2) is 22.7 Å². The molecule has 0 aromatic rings. The van der Waals surface area contributed by atoms with E-state index in [4.69, 9.17) is 4.74 Å². The van der Waals surface area contributed by atoms with Crippen molar-refractivity contribution < 1.29 is 9.53 Å². The zero-order valence-electron chi connectivity index (χ0n) is 21.8. The molecule has 3 heteroatoms. The number of hydrogen-bond acceptors (Lipinski definition) is 2. The van der Waals surface area contributed by atoms with Gasteiger partial charge in [-0.3, -0.25) is 4.79 Å². The van der Waals surface area contributed by atoms with Gasteiger partial charge in [-0.25, -0.2) is 0 Å². The van der Waals surface area contributed by atoms with E-state index in [1.807, 2.05) is 20.8 Å². The average molecular weight is 500 g/mol. The number of hydrogen-bond donors (Lipinski definition) is 0. The Morgan fingerprint density at radius 3 is 2.29 bits per heavy atom. The SMILES string of the molecule is C=C(C=O)CC(CC)OC.CC.CC1C2CCC3/C(=C/Br)CCCC32[C@H]1C.CCCC. The summed E-state index contributed by atoms with van der Waals surface area (Å²) in [5, 5.41) is 0. The van der Waals surface area contributed by atoms with Gasteiger partial charge in [0.1, 0.15) is 6.29 Å². The Morgan fingerprint density at radius 2 is 1.84 bits per heavy atom. The fraction of sp³-hybridized carbons (Fsp3) is 0.821. The van der Waals surface area contributed by atoms with Crippen molar-refractivity contribution in [1.82, 2.24) is 0 Å². The van der Waals surface area contributed by atoms with E-state index in [9.17, 15) is 4.79 Å². The Balaban J connectivity index is 0.000000491. The first-order valence-corrected chi connectivity index (χ1v) is 13.7. The Labute approximate surface area is 202 Å². The lowest BCUT2D eigenvalue weighted by Crippen LogP contribution is -2.55. The van der Waals surface area contributed by atoms with Gasteiger partial charge in [-0.2, -0.15) is 0 Å². The quantitative estimate of drug-likeness (QED) is 0.269. The Bertz CT molecular complexity index is 535. The first kappa shape index (κ1) is 30.6. The topological polar surface area (TPSA) is 26.3 Å². The number of ether oxygens (including phenoxy) is 1. The summed E-state index contributed by atoms with van der Waals surface area (Å²) in [5.74, 6) is 3.95. The van der Waals surface area contributed by atoms with Gasteiger partial charge in [-0.15, -0.1) is 0 Å². The fourth-order valence-electron chi connectivity index (χ4n) is 6.03. The number of carbonyl (C=O) groups is 1. The summed E-state index contributed by atoms with van der Waals surface area (Å²) in [7, 11) is 1.65. The van der Waals surface area contributed by atoms with Crippen molar-refractivity contribution in [2.75, 3.05) is 7.11 Å². The summed E-state index contributed by atoms with van der Waals surface area (Å²) in [6, 6.07) is 0. The van der Waals surface area contributed by atoms with E-state index in [2.05, 4.69) is 55.2 Å². The van der Waals surface area contributed by atoms with Crippen molar-refractivity contribution in [3.05, 3.63) is 22.7 Å². The summed E-state index contributed by atoms with van der Waals surface area (Å²) in [6.07, 6.45) is 12.4. The summed E-state index contributed by atoms with van der Waals surface area (Å²) >= 11 is 3.59. The Morgan fingerprint density at radius 1 is 1.23 bits per heavy atom. The van der Waals surface area contributed by atoms with Crippen LogP contribution in [0.3, 0.4) is 0 Å². The minimum absolute atomic E-state index is 0.151. The van der Waals surface area contributed by atoms with Gasteiger partial charge >= 0.3 is 0 Å². The molecule has 6 atom stereocenters. The van der Waals surface area contributed by atoms with E-state index in [1.54, 1.807) is 12.7 Å². The maximum Gasteiger partial charge on any atom is 0.145 e. The lowest BCUT2D eigenvalue weighted by atomic mass is 9.43. The Kier molecular flexibility index (Phi) is 16.0. The maximum absolute atomic E-state index is 10.1. The van der Waals surface area contributed by atoms with Crippen LogP contribution in [-0.4, -0.2) is 19.5 Å². The third kappa shape index (κ3) is 7.56. The second-order valence-electron chi connectivity index (χ2n) is 9.28. The molecule has 0 aliphatic heterocycles. The zero-order valence-corrected chi connectivity index (χ0v) is 23.4. The van der Waals surface area contributed by atoms with E-state index in [0.717, 1.165) is 41.8 Å². The van der Waals surface area contributed by atoms with Gasteiger partial charge in [0.15, 0.2) is 0 Å². The molecule has 2 nitrogen and oxygen atoms in total. The maximum atomic E-state index is 10.1. The van der Waals surface area contributed by atoms with Crippen LogP contribution in [0, 0.1) is 29.1 Å². The molecule has 3 fully saturated rings. The predicted molar refractivity (Wildman–Crippen MR) is 141 cm³/mol. The number of halogens is 1. The zero-order chi connectivity index (χ0) is 24.0. The van der Waals surface area contributed by atoms with Crippen molar-refractivity contribution in [1.29, 1.82) is 0 Å².